The predicted molar refractivity (Wildman–Crippen MR) is 78.3 cm³/mol. The van der Waals surface area contributed by atoms with Crippen molar-refractivity contribution in [1.82, 2.24) is 4.31 Å². The van der Waals surface area contributed by atoms with E-state index >= 15 is 0 Å². The summed E-state index contributed by atoms with van der Waals surface area (Å²) in [7, 11) is -3.63. The molecule has 0 atom stereocenters. The molecule has 0 bridgehead atoms. The van der Waals surface area contributed by atoms with Crippen LogP contribution in [0.2, 0.25) is 0 Å². The van der Waals surface area contributed by atoms with Crippen LogP contribution in [-0.4, -0.2) is 36.9 Å². The van der Waals surface area contributed by atoms with Gasteiger partial charge >= 0.3 is 5.97 Å². The number of sulfonamides is 1. The van der Waals surface area contributed by atoms with Crippen LogP contribution >= 0.6 is 27.3 Å². The van der Waals surface area contributed by atoms with Gasteiger partial charge in [0.2, 0.25) is 10.0 Å². The first kappa shape index (κ1) is 16.6. The summed E-state index contributed by atoms with van der Waals surface area (Å²) in [5.74, 6) is -1.12. The monoisotopic (exact) mass is 369 g/mol. The highest BCUT2D eigenvalue weighted by molar-refractivity contribution is 9.11. The number of rotatable bonds is 7. The van der Waals surface area contributed by atoms with Gasteiger partial charge in [-0.25, -0.2) is 13.2 Å². The Hall–Kier alpha value is -0.440. The smallest absolute Gasteiger partial charge is 0.345 e. The van der Waals surface area contributed by atoms with Crippen molar-refractivity contribution in [2.24, 2.45) is 0 Å². The Balaban J connectivity index is 3.14. The van der Waals surface area contributed by atoms with Gasteiger partial charge < -0.3 is 5.11 Å². The van der Waals surface area contributed by atoms with E-state index in [2.05, 4.69) is 15.9 Å². The number of carbonyl (C=O) groups is 1. The van der Waals surface area contributed by atoms with E-state index in [9.17, 15) is 13.2 Å². The standard InChI is InChI=1S/C11H16BrNO4S2/c1-3-5-6-13(4-2)19(16,17)9-7-8(11(14)15)18-10(9)12/h7H,3-6H2,1-2H3,(H,14,15). The molecule has 8 heteroatoms. The van der Waals surface area contributed by atoms with Gasteiger partial charge in [0.1, 0.15) is 9.77 Å². The second-order valence-electron chi connectivity index (χ2n) is 3.90. The van der Waals surface area contributed by atoms with Gasteiger partial charge in [-0.2, -0.15) is 4.31 Å². The topological polar surface area (TPSA) is 74.7 Å². The third-order valence-corrected chi connectivity index (χ3v) is 6.81. The van der Waals surface area contributed by atoms with Gasteiger partial charge in [-0.15, -0.1) is 11.3 Å². The van der Waals surface area contributed by atoms with Gasteiger partial charge in [0.25, 0.3) is 0 Å². The van der Waals surface area contributed by atoms with Gasteiger partial charge in [-0.05, 0) is 28.4 Å². The molecule has 0 aliphatic carbocycles. The van der Waals surface area contributed by atoms with Crippen molar-refractivity contribution in [2.45, 2.75) is 31.6 Å². The Morgan fingerprint density at radius 3 is 2.53 bits per heavy atom. The number of carboxylic acid groups (broad SMARTS) is 1. The van der Waals surface area contributed by atoms with E-state index in [1.165, 1.54) is 10.4 Å². The Bertz CT molecular complexity index is 553. The molecule has 0 amide bonds. The molecular formula is C11H16BrNO4S2. The van der Waals surface area contributed by atoms with Crippen LogP contribution in [0, 0.1) is 0 Å². The normalized spacial score (nSPS) is 12.0. The van der Waals surface area contributed by atoms with Crippen LogP contribution in [0.15, 0.2) is 14.7 Å². The minimum absolute atomic E-state index is 0.0111. The predicted octanol–water partition coefficient (Wildman–Crippen LogP) is 3.02. The molecule has 1 heterocycles. The number of halogens is 1. The highest BCUT2D eigenvalue weighted by atomic mass is 79.9. The number of thiophene rings is 1. The second kappa shape index (κ2) is 6.83. The summed E-state index contributed by atoms with van der Waals surface area (Å²) in [6, 6.07) is 1.21. The third kappa shape index (κ3) is 3.77. The molecule has 108 valence electrons. The van der Waals surface area contributed by atoms with Crippen LogP contribution < -0.4 is 0 Å². The summed E-state index contributed by atoms with van der Waals surface area (Å²) >= 11 is 4.05. The van der Waals surface area contributed by atoms with Crippen LogP contribution in [0.5, 0.6) is 0 Å². The van der Waals surface area contributed by atoms with Gasteiger partial charge in [-0.1, -0.05) is 20.3 Å². The largest absolute Gasteiger partial charge is 0.477 e. The van der Waals surface area contributed by atoms with Crippen molar-refractivity contribution in [3.05, 3.63) is 14.7 Å². The number of carboxylic acids is 1. The zero-order valence-electron chi connectivity index (χ0n) is 10.7. The van der Waals surface area contributed by atoms with Crippen molar-refractivity contribution >= 4 is 43.3 Å². The average molecular weight is 370 g/mol. The van der Waals surface area contributed by atoms with E-state index < -0.39 is 16.0 Å². The minimum Gasteiger partial charge on any atom is -0.477 e. The number of hydrogen-bond donors (Lipinski definition) is 1. The summed E-state index contributed by atoms with van der Waals surface area (Å²) < 4.78 is 26.6. The highest BCUT2D eigenvalue weighted by Crippen LogP contribution is 2.33. The molecule has 1 N–H and O–H groups in total. The molecule has 1 aromatic rings. The van der Waals surface area contributed by atoms with Crippen LogP contribution in [0.25, 0.3) is 0 Å². The van der Waals surface area contributed by atoms with Crippen LogP contribution in [0.4, 0.5) is 0 Å². The lowest BCUT2D eigenvalue weighted by Gasteiger charge is -2.19. The van der Waals surface area contributed by atoms with Crippen molar-refractivity contribution in [3.8, 4) is 0 Å². The molecule has 0 aromatic carbocycles. The lowest BCUT2D eigenvalue weighted by molar-refractivity contribution is 0.0702. The quantitative estimate of drug-likeness (QED) is 0.801. The fourth-order valence-electron chi connectivity index (χ4n) is 1.56. The number of hydrogen-bond acceptors (Lipinski definition) is 4. The summed E-state index contributed by atoms with van der Waals surface area (Å²) in [4.78, 5) is 10.9. The Morgan fingerprint density at radius 1 is 1.47 bits per heavy atom. The summed E-state index contributed by atoms with van der Waals surface area (Å²) in [5.41, 5.74) is 0. The van der Waals surface area contributed by atoms with Gasteiger partial charge in [-0.3, -0.25) is 0 Å². The van der Waals surface area contributed by atoms with E-state index in [0.29, 0.717) is 16.9 Å². The summed E-state index contributed by atoms with van der Waals surface area (Å²) in [5, 5.41) is 8.91. The number of unbranched alkanes of at least 4 members (excludes halogenated alkanes) is 1. The molecule has 0 saturated heterocycles. The number of nitrogens with zero attached hydrogens (tertiary/aromatic N) is 1. The zero-order valence-corrected chi connectivity index (χ0v) is 13.9. The van der Waals surface area contributed by atoms with Crippen molar-refractivity contribution in [2.75, 3.05) is 13.1 Å². The first-order valence-corrected chi connectivity index (χ1v) is 8.92. The van der Waals surface area contributed by atoms with Gasteiger partial charge in [0, 0.05) is 13.1 Å². The molecule has 0 unspecified atom stereocenters. The van der Waals surface area contributed by atoms with Crippen LogP contribution in [0.3, 0.4) is 0 Å². The molecule has 0 aliphatic heterocycles. The van der Waals surface area contributed by atoms with Crippen LogP contribution in [-0.2, 0) is 10.0 Å². The van der Waals surface area contributed by atoms with E-state index in [-0.39, 0.29) is 9.77 Å². The SMILES string of the molecule is CCCCN(CC)S(=O)(=O)c1cc(C(=O)O)sc1Br. The van der Waals surface area contributed by atoms with E-state index in [1.807, 2.05) is 6.92 Å². The third-order valence-electron chi connectivity index (χ3n) is 2.60. The maximum Gasteiger partial charge on any atom is 0.345 e. The number of aromatic carboxylic acids is 1. The van der Waals surface area contributed by atoms with Crippen molar-refractivity contribution < 1.29 is 18.3 Å². The van der Waals surface area contributed by atoms with Crippen molar-refractivity contribution in [1.29, 1.82) is 0 Å². The molecular weight excluding hydrogens is 354 g/mol. The van der Waals surface area contributed by atoms with Gasteiger partial charge in [0.05, 0.1) is 3.79 Å². The summed E-state index contributed by atoms with van der Waals surface area (Å²) in [6.45, 7) is 4.57. The molecule has 19 heavy (non-hydrogen) atoms. The Kier molecular flexibility index (Phi) is 5.97. The second-order valence-corrected chi connectivity index (χ2v) is 8.18. The van der Waals surface area contributed by atoms with E-state index in [1.54, 1.807) is 6.92 Å². The Morgan fingerprint density at radius 2 is 2.11 bits per heavy atom. The molecule has 0 saturated carbocycles. The fourth-order valence-corrected chi connectivity index (χ4v) is 5.40. The molecule has 0 fully saturated rings. The molecule has 5 nitrogen and oxygen atoms in total. The first-order chi connectivity index (χ1) is 8.84. The van der Waals surface area contributed by atoms with E-state index in [0.717, 1.165) is 24.2 Å². The van der Waals surface area contributed by atoms with Gasteiger partial charge in [0.15, 0.2) is 0 Å². The fraction of sp³-hybridized carbons (Fsp3) is 0.545. The minimum atomic E-state index is -3.63. The highest BCUT2D eigenvalue weighted by Gasteiger charge is 2.28. The summed E-state index contributed by atoms with van der Waals surface area (Å²) in [6.07, 6.45) is 1.68. The lowest BCUT2D eigenvalue weighted by Crippen LogP contribution is -2.31. The van der Waals surface area contributed by atoms with E-state index in [4.69, 9.17) is 5.11 Å². The van der Waals surface area contributed by atoms with Crippen molar-refractivity contribution in [3.63, 3.8) is 0 Å². The molecule has 0 aliphatic rings. The maximum atomic E-state index is 12.4. The van der Waals surface area contributed by atoms with Crippen LogP contribution in [0.1, 0.15) is 36.4 Å². The Labute approximate surface area is 125 Å². The lowest BCUT2D eigenvalue weighted by atomic mass is 10.3. The maximum absolute atomic E-state index is 12.4. The molecule has 0 radical (unpaired) electrons. The molecule has 1 rings (SSSR count). The average Bonchev–Trinajstić information content (AvgIpc) is 2.73. The molecule has 0 spiro atoms. The first-order valence-electron chi connectivity index (χ1n) is 5.87. The zero-order chi connectivity index (χ0) is 14.6. The molecule has 1 aromatic heterocycles.